The highest BCUT2D eigenvalue weighted by Crippen LogP contribution is 2.51. The first-order chi connectivity index (χ1) is 13.8. The molecule has 0 saturated heterocycles. The summed E-state index contributed by atoms with van der Waals surface area (Å²) in [6.07, 6.45) is 3.93. The minimum Gasteiger partial charge on any atom is -0.493 e. The molecular formula is C22H18ClN3O2. The third-order valence-electron chi connectivity index (χ3n) is 5.17. The van der Waals surface area contributed by atoms with Gasteiger partial charge >= 0.3 is 0 Å². The van der Waals surface area contributed by atoms with E-state index in [1.54, 1.807) is 13.3 Å². The number of para-hydroxylation sites is 1. The van der Waals surface area contributed by atoms with Crippen LogP contribution in [0, 0.1) is 0 Å². The van der Waals surface area contributed by atoms with Gasteiger partial charge in [-0.15, -0.1) is 0 Å². The van der Waals surface area contributed by atoms with E-state index in [2.05, 4.69) is 11.1 Å². The summed E-state index contributed by atoms with van der Waals surface area (Å²) >= 11 is 6.51. The average molecular weight is 392 g/mol. The van der Waals surface area contributed by atoms with Crippen LogP contribution >= 0.6 is 11.6 Å². The number of hydrogen-bond donors (Lipinski definition) is 0. The SMILES string of the molecule is COc1cccc2c1O[C@H](c1ccccc1Cl)N1N=C(c3cccnc3)C[C@H]21. The van der Waals surface area contributed by atoms with E-state index in [1.165, 1.54) is 0 Å². The number of nitrogens with zero attached hydrogens (tertiary/aromatic N) is 3. The normalized spacial score (nSPS) is 20.1. The Morgan fingerprint density at radius 2 is 1.93 bits per heavy atom. The van der Waals surface area contributed by atoms with Crippen molar-refractivity contribution in [3.63, 3.8) is 0 Å². The molecule has 5 rings (SSSR count). The molecule has 3 aromatic rings. The molecule has 0 radical (unpaired) electrons. The zero-order valence-electron chi connectivity index (χ0n) is 15.2. The number of pyridine rings is 1. The topological polar surface area (TPSA) is 47.0 Å². The highest BCUT2D eigenvalue weighted by molar-refractivity contribution is 6.31. The van der Waals surface area contributed by atoms with Gasteiger partial charge in [-0.05, 0) is 18.2 Å². The van der Waals surface area contributed by atoms with Crippen molar-refractivity contribution in [2.24, 2.45) is 5.10 Å². The molecule has 0 unspecified atom stereocenters. The minimum atomic E-state index is -0.434. The molecule has 2 aliphatic heterocycles. The first-order valence-corrected chi connectivity index (χ1v) is 9.48. The van der Waals surface area contributed by atoms with Crippen molar-refractivity contribution in [1.82, 2.24) is 9.99 Å². The highest BCUT2D eigenvalue weighted by Gasteiger charge is 2.42. The summed E-state index contributed by atoms with van der Waals surface area (Å²) in [7, 11) is 1.65. The summed E-state index contributed by atoms with van der Waals surface area (Å²) in [5.74, 6) is 1.46. The fraction of sp³-hybridized carbons (Fsp3) is 0.182. The van der Waals surface area contributed by atoms with E-state index in [9.17, 15) is 0 Å². The molecule has 5 nitrogen and oxygen atoms in total. The lowest BCUT2D eigenvalue weighted by Crippen LogP contribution is -2.34. The van der Waals surface area contributed by atoms with Gasteiger partial charge in [0, 0.05) is 40.5 Å². The summed E-state index contributed by atoms with van der Waals surface area (Å²) < 4.78 is 12.0. The predicted molar refractivity (Wildman–Crippen MR) is 108 cm³/mol. The number of fused-ring (bicyclic) bond motifs is 3. The molecule has 2 atom stereocenters. The molecule has 0 bridgehead atoms. The number of hydrazone groups is 1. The molecule has 3 heterocycles. The third-order valence-corrected chi connectivity index (χ3v) is 5.51. The van der Waals surface area contributed by atoms with Gasteiger partial charge in [0.15, 0.2) is 11.5 Å². The van der Waals surface area contributed by atoms with Gasteiger partial charge in [-0.1, -0.05) is 48.0 Å². The van der Waals surface area contributed by atoms with Crippen LogP contribution in [0.4, 0.5) is 0 Å². The number of benzene rings is 2. The molecule has 0 amide bonds. The number of halogens is 1. The molecule has 28 heavy (non-hydrogen) atoms. The first kappa shape index (κ1) is 17.1. The molecular weight excluding hydrogens is 374 g/mol. The van der Waals surface area contributed by atoms with E-state index in [0.717, 1.165) is 34.6 Å². The van der Waals surface area contributed by atoms with Crippen molar-refractivity contribution in [1.29, 1.82) is 0 Å². The van der Waals surface area contributed by atoms with Gasteiger partial charge in [0.05, 0.1) is 18.9 Å². The number of aromatic nitrogens is 1. The van der Waals surface area contributed by atoms with Gasteiger partial charge in [-0.3, -0.25) is 4.98 Å². The molecule has 0 aliphatic carbocycles. The molecule has 0 spiro atoms. The fourth-order valence-electron chi connectivity index (χ4n) is 3.83. The quantitative estimate of drug-likeness (QED) is 0.631. The van der Waals surface area contributed by atoms with Crippen LogP contribution in [-0.2, 0) is 0 Å². The van der Waals surface area contributed by atoms with E-state index in [-0.39, 0.29) is 6.04 Å². The van der Waals surface area contributed by atoms with Crippen LogP contribution in [-0.4, -0.2) is 22.8 Å². The molecule has 6 heteroatoms. The maximum absolute atomic E-state index is 6.51. The Labute approximate surface area is 168 Å². The molecule has 1 aromatic heterocycles. The predicted octanol–water partition coefficient (Wildman–Crippen LogP) is 4.99. The lowest BCUT2D eigenvalue weighted by molar-refractivity contribution is -0.0208. The van der Waals surface area contributed by atoms with Crippen molar-refractivity contribution in [3.8, 4) is 11.5 Å². The Bertz CT molecular complexity index is 1050. The Morgan fingerprint density at radius 3 is 2.71 bits per heavy atom. The van der Waals surface area contributed by atoms with Crippen LogP contribution in [0.1, 0.15) is 35.4 Å². The molecule has 0 fully saturated rings. The second kappa shape index (κ2) is 6.84. The van der Waals surface area contributed by atoms with Gasteiger partial charge in [0.2, 0.25) is 6.23 Å². The van der Waals surface area contributed by atoms with Gasteiger partial charge in [0.25, 0.3) is 0 Å². The second-order valence-electron chi connectivity index (χ2n) is 6.76. The Hall–Kier alpha value is -3.05. The van der Waals surface area contributed by atoms with Crippen LogP contribution < -0.4 is 9.47 Å². The Morgan fingerprint density at radius 1 is 1.07 bits per heavy atom. The number of rotatable bonds is 3. The zero-order chi connectivity index (χ0) is 19.1. The minimum absolute atomic E-state index is 0.0373. The zero-order valence-corrected chi connectivity index (χ0v) is 16.0. The second-order valence-corrected chi connectivity index (χ2v) is 7.17. The Kier molecular flexibility index (Phi) is 4.17. The van der Waals surface area contributed by atoms with Gasteiger partial charge in [-0.2, -0.15) is 5.10 Å². The lowest BCUT2D eigenvalue weighted by Gasteiger charge is -2.38. The van der Waals surface area contributed by atoms with Crippen molar-refractivity contribution >= 4 is 17.3 Å². The maximum atomic E-state index is 6.51. The van der Waals surface area contributed by atoms with Crippen LogP contribution in [0.25, 0.3) is 0 Å². The van der Waals surface area contributed by atoms with E-state index in [4.69, 9.17) is 26.2 Å². The van der Waals surface area contributed by atoms with Crippen LogP contribution in [0.5, 0.6) is 11.5 Å². The monoisotopic (exact) mass is 391 g/mol. The van der Waals surface area contributed by atoms with Crippen molar-refractivity contribution in [2.75, 3.05) is 7.11 Å². The number of hydrogen-bond acceptors (Lipinski definition) is 5. The Balaban J connectivity index is 1.65. The number of ether oxygens (including phenoxy) is 2. The van der Waals surface area contributed by atoms with E-state index in [0.29, 0.717) is 10.8 Å². The summed E-state index contributed by atoms with van der Waals surface area (Å²) in [6, 6.07) is 17.7. The van der Waals surface area contributed by atoms with Crippen LogP contribution in [0.3, 0.4) is 0 Å². The first-order valence-electron chi connectivity index (χ1n) is 9.10. The summed E-state index contributed by atoms with van der Waals surface area (Å²) in [5, 5.41) is 7.57. The third kappa shape index (κ3) is 2.70. The highest BCUT2D eigenvalue weighted by atomic mass is 35.5. The van der Waals surface area contributed by atoms with Crippen molar-refractivity contribution < 1.29 is 9.47 Å². The van der Waals surface area contributed by atoms with E-state index in [1.807, 2.05) is 59.7 Å². The standard InChI is InChI=1S/C22H18ClN3O2/c1-27-20-10-4-8-16-19-12-18(14-6-5-11-24-13-14)25-26(19)22(28-21(16)20)15-7-2-3-9-17(15)23/h2-11,13,19,22H,12H2,1H3/t19-,22-/m1/s1. The van der Waals surface area contributed by atoms with E-state index < -0.39 is 6.23 Å². The van der Waals surface area contributed by atoms with Gasteiger partial charge in [-0.25, -0.2) is 5.01 Å². The summed E-state index contributed by atoms with van der Waals surface area (Å²) in [5.41, 5.74) is 3.93. The molecule has 140 valence electrons. The van der Waals surface area contributed by atoms with Crippen molar-refractivity contribution in [2.45, 2.75) is 18.7 Å². The van der Waals surface area contributed by atoms with Crippen LogP contribution in [0.2, 0.25) is 5.02 Å². The van der Waals surface area contributed by atoms with Crippen LogP contribution in [0.15, 0.2) is 72.1 Å². The van der Waals surface area contributed by atoms with Gasteiger partial charge in [0.1, 0.15) is 0 Å². The average Bonchev–Trinajstić information content (AvgIpc) is 3.20. The lowest BCUT2D eigenvalue weighted by atomic mass is 9.96. The summed E-state index contributed by atoms with van der Waals surface area (Å²) in [6.45, 7) is 0. The molecule has 0 N–H and O–H groups in total. The fourth-order valence-corrected chi connectivity index (χ4v) is 4.06. The maximum Gasteiger partial charge on any atom is 0.215 e. The van der Waals surface area contributed by atoms with E-state index >= 15 is 0 Å². The largest absolute Gasteiger partial charge is 0.493 e. The van der Waals surface area contributed by atoms with Gasteiger partial charge < -0.3 is 9.47 Å². The number of methoxy groups -OCH3 is 1. The summed E-state index contributed by atoms with van der Waals surface area (Å²) in [4.78, 5) is 4.24. The van der Waals surface area contributed by atoms with Crippen molar-refractivity contribution in [3.05, 3.63) is 88.7 Å². The smallest absolute Gasteiger partial charge is 0.215 e. The molecule has 2 aliphatic rings. The molecule has 2 aromatic carbocycles. The molecule has 0 saturated carbocycles.